The zero-order chi connectivity index (χ0) is 15.5. The highest BCUT2D eigenvalue weighted by Crippen LogP contribution is 2.56. The normalized spacial score (nSPS) is 39.0. The minimum Gasteiger partial charge on any atom is -0.0651 e. The van der Waals surface area contributed by atoms with E-state index in [0.717, 1.165) is 35.5 Å². The SMILES string of the molecule is CCC1C(CC)C(CC)C(C(C)(C)C)C(CC)C1CC. The zero-order valence-corrected chi connectivity index (χ0v) is 15.5. The summed E-state index contributed by atoms with van der Waals surface area (Å²) in [5, 5.41) is 0. The second-order valence-electron chi connectivity index (χ2n) is 8.25. The van der Waals surface area contributed by atoms with E-state index in [1.807, 2.05) is 0 Å². The van der Waals surface area contributed by atoms with Crippen LogP contribution in [0.5, 0.6) is 0 Å². The Morgan fingerprint density at radius 2 is 0.750 bits per heavy atom. The minimum atomic E-state index is 0.459. The van der Waals surface area contributed by atoms with E-state index in [1.54, 1.807) is 0 Å². The van der Waals surface area contributed by atoms with Crippen LogP contribution >= 0.6 is 0 Å². The van der Waals surface area contributed by atoms with Gasteiger partial charge in [0.1, 0.15) is 0 Å². The Morgan fingerprint density at radius 3 is 0.950 bits per heavy atom. The van der Waals surface area contributed by atoms with Crippen molar-refractivity contribution in [1.29, 1.82) is 0 Å². The Hall–Kier alpha value is 0. The van der Waals surface area contributed by atoms with Crippen LogP contribution in [-0.4, -0.2) is 0 Å². The third kappa shape index (κ3) is 3.25. The maximum absolute atomic E-state index is 2.49. The molecular weight excluding hydrogens is 240 g/mol. The molecule has 0 aromatic rings. The molecule has 0 bridgehead atoms. The highest BCUT2D eigenvalue weighted by molar-refractivity contribution is 4.98. The van der Waals surface area contributed by atoms with Gasteiger partial charge in [-0.2, -0.15) is 0 Å². The summed E-state index contributed by atoms with van der Waals surface area (Å²) >= 11 is 0. The molecule has 0 nitrogen and oxygen atoms in total. The Morgan fingerprint density at radius 1 is 0.500 bits per heavy atom. The molecule has 0 aromatic carbocycles. The maximum Gasteiger partial charge on any atom is -0.0303 e. The van der Waals surface area contributed by atoms with Crippen LogP contribution in [0.2, 0.25) is 0 Å². The average molecular weight is 281 g/mol. The third-order valence-electron chi connectivity index (χ3n) is 6.48. The van der Waals surface area contributed by atoms with E-state index in [-0.39, 0.29) is 0 Å². The molecule has 0 spiro atoms. The third-order valence-corrected chi connectivity index (χ3v) is 6.48. The molecular formula is C20H40. The Kier molecular flexibility index (Phi) is 6.61. The molecule has 1 rings (SSSR count). The zero-order valence-electron chi connectivity index (χ0n) is 15.5. The van der Waals surface area contributed by atoms with Crippen molar-refractivity contribution >= 4 is 0 Å². The molecule has 0 N–H and O–H groups in total. The summed E-state index contributed by atoms with van der Waals surface area (Å²) in [5.74, 6) is 5.69. The van der Waals surface area contributed by atoms with Crippen LogP contribution in [0.4, 0.5) is 0 Å². The van der Waals surface area contributed by atoms with Gasteiger partial charge in [-0.05, 0) is 40.9 Å². The molecule has 1 saturated carbocycles. The van der Waals surface area contributed by atoms with Crippen molar-refractivity contribution in [3.63, 3.8) is 0 Å². The topological polar surface area (TPSA) is 0 Å². The molecule has 4 atom stereocenters. The van der Waals surface area contributed by atoms with Gasteiger partial charge in [-0.25, -0.2) is 0 Å². The second-order valence-corrected chi connectivity index (χ2v) is 8.25. The minimum absolute atomic E-state index is 0.459. The molecule has 1 aliphatic rings. The van der Waals surface area contributed by atoms with Crippen molar-refractivity contribution in [1.82, 2.24) is 0 Å². The van der Waals surface area contributed by atoms with Gasteiger partial charge < -0.3 is 0 Å². The largest absolute Gasteiger partial charge is 0.0651 e. The molecule has 0 saturated heterocycles. The molecule has 0 heterocycles. The summed E-state index contributed by atoms with van der Waals surface area (Å²) in [6.07, 6.45) is 6.92. The Balaban J connectivity index is 3.25. The van der Waals surface area contributed by atoms with Crippen LogP contribution in [0.3, 0.4) is 0 Å². The van der Waals surface area contributed by atoms with Crippen molar-refractivity contribution in [3.05, 3.63) is 0 Å². The first-order chi connectivity index (χ1) is 9.37. The van der Waals surface area contributed by atoms with Crippen molar-refractivity contribution in [3.8, 4) is 0 Å². The van der Waals surface area contributed by atoms with Crippen LogP contribution in [0.1, 0.15) is 87.5 Å². The summed E-state index contributed by atoms with van der Waals surface area (Å²) in [7, 11) is 0. The van der Waals surface area contributed by atoms with Gasteiger partial charge in [-0.3, -0.25) is 0 Å². The van der Waals surface area contributed by atoms with Gasteiger partial charge in [0, 0.05) is 0 Å². The van der Waals surface area contributed by atoms with E-state index >= 15 is 0 Å². The number of rotatable bonds is 5. The van der Waals surface area contributed by atoms with E-state index in [9.17, 15) is 0 Å². The lowest BCUT2D eigenvalue weighted by Gasteiger charge is -2.56. The van der Waals surface area contributed by atoms with Crippen LogP contribution in [-0.2, 0) is 0 Å². The smallest absolute Gasteiger partial charge is 0.0303 e. The van der Waals surface area contributed by atoms with Gasteiger partial charge in [0.25, 0.3) is 0 Å². The number of hydrogen-bond donors (Lipinski definition) is 0. The fourth-order valence-corrected chi connectivity index (χ4v) is 6.02. The lowest BCUT2D eigenvalue weighted by molar-refractivity contribution is -0.0763. The van der Waals surface area contributed by atoms with E-state index in [4.69, 9.17) is 0 Å². The van der Waals surface area contributed by atoms with Crippen LogP contribution in [0.15, 0.2) is 0 Å². The maximum atomic E-state index is 2.49. The van der Waals surface area contributed by atoms with Crippen LogP contribution in [0, 0.1) is 40.9 Å². The highest BCUT2D eigenvalue weighted by Gasteiger charge is 2.50. The molecule has 0 aliphatic heterocycles. The molecule has 120 valence electrons. The highest BCUT2D eigenvalue weighted by atomic mass is 14.5. The second kappa shape index (κ2) is 7.32. The Labute approximate surface area is 129 Å². The first kappa shape index (κ1) is 18.1. The fourth-order valence-electron chi connectivity index (χ4n) is 6.02. The summed E-state index contributed by atoms with van der Waals surface area (Å²) in [5.41, 5.74) is 0.459. The summed E-state index contributed by atoms with van der Waals surface area (Å²) < 4.78 is 0. The predicted molar refractivity (Wildman–Crippen MR) is 91.9 cm³/mol. The molecule has 0 radical (unpaired) electrons. The Bertz CT molecular complexity index is 252. The molecule has 0 aromatic heterocycles. The van der Waals surface area contributed by atoms with E-state index < -0.39 is 0 Å². The summed E-state index contributed by atoms with van der Waals surface area (Å²) in [6, 6.07) is 0. The van der Waals surface area contributed by atoms with Crippen molar-refractivity contribution in [2.24, 2.45) is 40.9 Å². The first-order valence-electron chi connectivity index (χ1n) is 9.37. The van der Waals surface area contributed by atoms with E-state index in [2.05, 4.69) is 55.4 Å². The van der Waals surface area contributed by atoms with Crippen molar-refractivity contribution < 1.29 is 0 Å². The average Bonchev–Trinajstić information content (AvgIpc) is 2.42. The quantitative estimate of drug-likeness (QED) is 0.520. The van der Waals surface area contributed by atoms with Gasteiger partial charge in [0.2, 0.25) is 0 Å². The molecule has 0 heteroatoms. The number of hydrogen-bond acceptors (Lipinski definition) is 0. The lowest BCUT2D eigenvalue weighted by atomic mass is 9.49. The monoisotopic (exact) mass is 280 g/mol. The van der Waals surface area contributed by atoms with E-state index in [0.29, 0.717) is 5.41 Å². The predicted octanol–water partition coefficient (Wildman–Crippen LogP) is 6.79. The molecule has 4 unspecified atom stereocenters. The van der Waals surface area contributed by atoms with Gasteiger partial charge in [-0.15, -0.1) is 0 Å². The molecule has 0 amide bonds. The molecule has 1 aliphatic carbocycles. The summed E-state index contributed by atoms with van der Waals surface area (Å²) in [6.45, 7) is 19.7. The van der Waals surface area contributed by atoms with Crippen molar-refractivity contribution in [2.45, 2.75) is 87.5 Å². The van der Waals surface area contributed by atoms with Crippen molar-refractivity contribution in [2.75, 3.05) is 0 Å². The van der Waals surface area contributed by atoms with Crippen LogP contribution in [0.25, 0.3) is 0 Å². The fraction of sp³-hybridized carbons (Fsp3) is 1.00. The van der Waals surface area contributed by atoms with Gasteiger partial charge in [0.15, 0.2) is 0 Å². The van der Waals surface area contributed by atoms with E-state index in [1.165, 1.54) is 32.1 Å². The van der Waals surface area contributed by atoms with Crippen LogP contribution < -0.4 is 0 Å². The van der Waals surface area contributed by atoms with Gasteiger partial charge in [-0.1, -0.05) is 87.5 Å². The lowest BCUT2D eigenvalue weighted by Crippen LogP contribution is -2.50. The standard InChI is InChI=1S/C20H40/c1-9-14-15(10-2)17(12-4)19(20(6,7)8)18(13-5)16(14)11-3/h14-19H,9-13H2,1-8H3. The summed E-state index contributed by atoms with van der Waals surface area (Å²) in [4.78, 5) is 0. The molecule has 1 fully saturated rings. The first-order valence-corrected chi connectivity index (χ1v) is 9.37. The molecule has 20 heavy (non-hydrogen) atoms. The van der Waals surface area contributed by atoms with Gasteiger partial charge in [0.05, 0.1) is 0 Å². The van der Waals surface area contributed by atoms with Gasteiger partial charge >= 0.3 is 0 Å².